The number of hydrogen-bond acceptors (Lipinski definition) is 6. The van der Waals surface area contributed by atoms with Gasteiger partial charge in [0.1, 0.15) is 16.8 Å². The van der Waals surface area contributed by atoms with Crippen molar-refractivity contribution in [3.8, 4) is 6.07 Å². The van der Waals surface area contributed by atoms with E-state index >= 15 is 0 Å². The lowest BCUT2D eigenvalue weighted by atomic mass is 9.88. The van der Waals surface area contributed by atoms with Gasteiger partial charge in [-0.1, -0.05) is 30.3 Å². The number of thiophene rings is 1. The van der Waals surface area contributed by atoms with Crippen LogP contribution in [0.25, 0.3) is 6.08 Å². The molecule has 0 aliphatic heterocycles. The predicted octanol–water partition coefficient (Wildman–Crippen LogP) is 4.90. The van der Waals surface area contributed by atoms with Gasteiger partial charge in [0.05, 0.1) is 18.4 Å². The number of ether oxygens (including phenoxy) is 1. The maximum Gasteiger partial charge on any atom is 0.407 e. The van der Waals surface area contributed by atoms with Gasteiger partial charge in [-0.2, -0.15) is 5.26 Å². The predicted molar refractivity (Wildman–Crippen MR) is 126 cm³/mol. The highest BCUT2D eigenvalue weighted by Gasteiger charge is 2.27. The first-order valence-corrected chi connectivity index (χ1v) is 11.5. The van der Waals surface area contributed by atoms with Gasteiger partial charge in [0.15, 0.2) is 0 Å². The van der Waals surface area contributed by atoms with E-state index in [0.29, 0.717) is 42.3 Å². The zero-order chi connectivity index (χ0) is 23.0. The summed E-state index contributed by atoms with van der Waals surface area (Å²) < 4.78 is 10.6. The zero-order valence-electron chi connectivity index (χ0n) is 17.9. The average Bonchev–Trinajstić information content (AvgIpc) is 3.47. The fraction of sp³-hybridized carbons (Fsp3) is 0.240. The van der Waals surface area contributed by atoms with Crippen molar-refractivity contribution in [2.45, 2.75) is 25.8 Å². The number of carbonyl (C=O) groups is 2. The molecule has 2 N–H and O–H groups in total. The molecule has 7 nitrogen and oxygen atoms in total. The van der Waals surface area contributed by atoms with Crippen LogP contribution in [0.3, 0.4) is 0 Å². The second kappa shape index (κ2) is 10.7. The second-order valence-corrected chi connectivity index (χ2v) is 8.81. The number of hydrogen-bond donors (Lipinski definition) is 2. The highest BCUT2D eigenvalue weighted by Crippen LogP contribution is 2.39. The van der Waals surface area contributed by atoms with Crippen LogP contribution in [-0.2, 0) is 28.9 Å². The molecule has 0 radical (unpaired) electrons. The molecule has 8 heteroatoms. The topological polar surface area (TPSA) is 104 Å². The summed E-state index contributed by atoms with van der Waals surface area (Å²) in [5.74, 6) is 0.427. The molecule has 3 aromatic rings. The third-order valence-electron chi connectivity index (χ3n) is 5.39. The van der Waals surface area contributed by atoms with E-state index in [1.807, 2.05) is 30.3 Å². The molecule has 4 rings (SSSR count). The maximum absolute atomic E-state index is 12.3. The Balaban J connectivity index is 1.31. The Labute approximate surface area is 195 Å². The Morgan fingerprint density at radius 1 is 1.24 bits per heavy atom. The zero-order valence-corrected chi connectivity index (χ0v) is 18.7. The fourth-order valence-electron chi connectivity index (χ4n) is 3.71. The lowest BCUT2D eigenvalue weighted by Crippen LogP contribution is -2.27. The van der Waals surface area contributed by atoms with Gasteiger partial charge in [-0.15, -0.1) is 11.3 Å². The van der Waals surface area contributed by atoms with E-state index in [2.05, 4.69) is 16.7 Å². The molecule has 0 saturated carbocycles. The Morgan fingerprint density at radius 3 is 2.85 bits per heavy atom. The van der Waals surface area contributed by atoms with Crippen LogP contribution in [0.5, 0.6) is 0 Å². The van der Waals surface area contributed by atoms with E-state index < -0.39 is 6.09 Å². The molecule has 1 aliphatic carbocycles. The van der Waals surface area contributed by atoms with E-state index in [-0.39, 0.29) is 11.8 Å². The van der Waals surface area contributed by atoms with Gasteiger partial charge in [-0.25, -0.2) is 4.79 Å². The SMILES string of the molecule is N#Cc1c(NC(=O)C=Cc2ccco2)sc2c1CCC(COC(=O)NCc1ccccc1)C2. The molecule has 2 aromatic heterocycles. The number of fused-ring (bicyclic) bond motifs is 1. The molecule has 0 spiro atoms. The molecule has 1 atom stereocenters. The molecule has 0 saturated heterocycles. The number of anilines is 1. The van der Waals surface area contributed by atoms with Crippen LogP contribution < -0.4 is 10.6 Å². The van der Waals surface area contributed by atoms with Crippen molar-refractivity contribution in [3.63, 3.8) is 0 Å². The van der Waals surface area contributed by atoms with Crippen molar-refractivity contribution < 1.29 is 18.7 Å². The van der Waals surface area contributed by atoms with Crippen molar-refractivity contribution in [1.82, 2.24) is 5.32 Å². The van der Waals surface area contributed by atoms with Crippen LogP contribution >= 0.6 is 11.3 Å². The summed E-state index contributed by atoms with van der Waals surface area (Å²) in [5, 5.41) is 15.8. The van der Waals surface area contributed by atoms with Crippen LogP contribution in [0.15, 0.2) is 59.2 Å². The molecule has 0 bridgehead atoms. The summed E-state index contributed by atoms with van der Waals surface area (Å²) >= 11 is 1.42. The Morgan fingerprint density at radius 2 is 2.09 bits per heavy atom. The summed E-state index contributed by atoms with van der Waals surface area (Å²) in [6, 6.07) is 15.4. The number of benzene rings is 1. The van der Waals surface area contributed by atoms with Gasteiger partial charge < -0.3 is 19.8 Å². The van der Waals surface area contributed by atoms with E-state index in [0.717, 1.165) is 22.4 Å². The number of rotatable bonds is 7. The molecule has 1 unspecified atom stereocenters. The van der Waals surface area contributed by atoms with Crippen molar-refractivity contribution in [1.29, 1.82) is 5.26 Å². The summed E-state index contributed by atoms with van der Waals surface area (Å²) in [6.07, 6.45) is 6.28. The van der Waals surface area contributed by atoms with Crippen molar-refractivity contribution >= 4 is 34.4 Å². The normalized spacial score (nSPS) is 14.9. The average molecular weight is 462 g/mol. The number of amides is 2. The number of alkyl carbamates (subject to hydrolysis) is 1. The van der Waals surface area contributed by atoms with Gasteiger partial charge >= 0.3 is 6.09 Å². The monoisotopic (exact) mass is 461 g/mol. The Hall–Kier alpha value is -3.83. The Kier molecular flexibility index (Phi) is 7.22. The molecule has 0 fully saturated rings. The van der Waals surface area contributed by atoms with Crippen molar-refractivity contribution in [2.75, 3.05) is 11.9 Å². The Bertz CT molecular complexity index is 1180. The smallest absolute Gasteiger partial charge is 0.407 e. The first-order chi connectivity index (χ1) is 16.1. The molecule has 2 amide bonds. The van der Waals surface area contributed by atoms with Crippen molar-refractivity contribution in [2.24, 2.45) is 5.92 Å². The molecule has 2 heterocycles. The van der Waals surface area contributed by atoms with Gasteiger partial charge in [0.2, 0.25) is 5.91 Å². The van der Waals surface area contributed by atoms with Gasteiger partial charge in [0.25, 0.3) is 0 Å². The minimum atomic E-state index is -0.440. The molecule has 168 valence electrons. The van der Waals surface area contributed by atoms with E-state index in [4.69, 9.17) is 9.15 Å². The maximum atomic E-state index is 12.3. The van der Waals surface area contributed by atoms with Gasteiger partial charge in [0, 0.05) is 17.5 Å². The number of nitrogens with zero attached hydrogens (tertiary/aromatic N) is 1. The molecule has 33 heavy (non-hydrogen) atoms. The summed E-state index contributed by atoms with van der Waals surface area (Å²) in [4.78, 5) is 25.4. The fourth-order valence-corrected chi connectivity index (χ4v) is 5.03. The minimum absolute atomic E-state index is 0.174. The van der Waals surface area contributed by atoms with Gasteiger partial charge in [-0.3, -0.25) is 4.79 Å². The minimum Gasteiger partial charge on any atom is -0.465 e. The summed E-state index contributed by atoms with van der Waals surface area (Å²) in [5.41, 5.74) is 2.51. The number of carbonyl (C=O) groups excluding carboxylic acids is 2. The lowest BCUT2D eigenvalue weighted by Gasteiger charge is -2.21. The number of furan rings is 1. The highest BCUT2D eigenvalue weighted by molar-refractivity contribution is 7.16. The van der Waals surface area contributed by atoms with Gasteiger partial charge in [-0.05, 0) is 54.5 Å². The van der Waals surface area contributed by atoms with Crippen LogP contribution in [-0.4, -0.2) is 18.6 Å². The van der Waals surface area contributed by atoms with Crippen molar-refractivity contribution in [3.05, 3.63) is 82.1 Å². The van der Waals surface area contributed by atoms with Crippen LogP contribution in [0, 0.1) is 17.2 Å². The molecular formula is C25H23N3O4S. The summed E-state index contributed by atoms with van der Waals surface area (Å²) in [7, 11) is 0. The van der Waals surface area contributed by atoms with Crippen LogP contribution in [0.1, 0.15) is 33.7 Å². The first kappa shape index (κ1) is 22.4. The third-order valence-corrected chi connectivity index (χ3v) is 6.56. The van der Waals surface area contributed by atoms with E-state index in [1.54, 1.807) is 18.2 Å². The number of nitriles is 1. The van der Waals surface area contributed by atoms with Crippen LogP contribution in [0.2, 0.25) is 0 Å². The second-order valence-electron chi connectivity index (χ2n) is 7.70. The molecule has 1 aliphatic rings. The molecule has 1 aromatic carbocycles. The highest BCUT2D eigenvalue weighted by atomic mass is 32.1. The largest absolute Gasteiger partial charge is 0.465 e. The molecular weight excluding hydrogens is 438 g/mol. The summed E-state index contributed by atoms with van der Waals surface area (Å²) in [6.45, 7) is 0.732. The lowest BCUT2D eigenvalue weighted by molar-refractivity contribution is -0.111. The van der Waals surface area contributed by atoms with E-state index in [9.17, 15) is 14.9 Å². The first-order valence-electron chi connectivity index (χ1n) is 10.6. The van der Waals surface area contributed by atoms with E-state index in [1.165, 1.54) is 23.7 Å². The van der Waals surface area contributed by atoms with Crippen LogP contribution in [0.4, 0.5) is 9.80 Å². The quantitative estimate of drug-likeness (QED) is 0.487. The number of nitrogens with one attached hydrogen (secondary N) is 2. The standard InChI is InChI=1S/C25H23N3O4S/c26-14-21-20-10-8-18(16-32-25(30)27-15-17-5-2-1-3-6-17)13-22(20)33-24(21)28-23(29)11-9-19-7-4-12-31-19/h1-7,9,11-12,18H,8,10,13,15-16H2,(H,27,30)(H,28,29). The third kappa shape index (κ3) is 5.90.